The number of ether oxygens (including phenoxy) is 1. The van der Waals surface area contributed by atoms with Crippen LogP contribution in [0.15, 0.2) is 0 Å². The smallest absolute Gasteiger partial charge is 0.310 e. The Morgan fingerprint density at radius 1 is 1.40 bits per heavy atom. The second-order valence-electron chi connectivity index (χ2n) is 4.73. The average molecular weight is 215 g/mol. The molecule has 0 aromatic rings. The molecule has 0 bridgehead atoms. The van der Waals surface area contributed by atoms with E-state index in [1.165, 1.54) is 4.90 Å². The fourth-order valence-electron chi connectivity index (χ4n) is 1.21. The van der Waals surface area contributed by atoms with Crippen LogP contribution in [0.4, 0.5) is 0 Å². The summed E-state index contributed by atoms with van der Waals surface area (Å²) in [4.78, 5) is 23.5. The number of carboxylic acid groups (broad SMARTS) is 1. The molecular weight excluding hydrogens is 198 g/mol. The van der Waals surface area contributed by atoms with Crippen LogP contribution in [0.5, 0.6) is 0 Å². The van der Waals surface area contributed by atoms with Crippen molar-refractivity contribution in [3.8, 4) is 0 Å². The Kier molecular flexibility index (Phi) is 3.34. The van der Waals surface area contributed by atoms with Gasteiger partial charge < -0.3 is 14.7 Å². The predicted octanol–water partition coefficient (Wildman–Crippen LogP) is 0.344. The van der Waals surface area contributed by atoms with Crippen LogP contribution in [0.1, 0.15) is 20.8 Å². The number of aliphatic carboxylic acids is 1. The van der Waals surface area contributed by atoms with Gasteiger partial charge in [-0.05, 0) is 20.8 Å². The maximum atomic E-state index is 11.4. The first-order valence-electron chi connectivity index (χ1n) is 4.94. The van der Waals surface area contributed by atoms with E-state index in [1.54, 1.807) is 0 Å². The lowest BCUT2D eigenvalue weighted by atomic mass is 10.0. The van der Waals surface area contributed by atoms with Gasteiger partial charge in [0.05, 0.1) is 11.5 Å². The summed E-state index contributed by atoms with van der Waals surface area (Å²) in [7, 11) is 0. The minimum absolute atomic E-state index is 0.0236. The van der Waals surface area contributed by atoms with Crippen molar-refractivity contribution in [2.75, 3.05) is 19.7 Å². The van der Waals surface area contributed by atoms with Crippen LogP contribution in [0, 0.1) is 5.92 Å². The molecule has 0 aromatic heterocycles. The first kappa shape index (κ1) is 12.0. The molecule has 1 heterocycles. The van der Waals surface area contributed by atoms with Crippen molar-refractivity contribution in [3.05, 3.63) is 0 Å². The number of hydrogen-bond acceptors (Lipinski definition) is 3. The van der Waals surface area contributed by atoms with Crippen molar-refractivity contribution in [1.82, 2.24) is 4.90 Å². The van der Waals surface area contributed by atoms with Crippen LogP contribution in [-0.2, 0) is 14.3 Å². The number of carbonyl (C=O) groups excluding carboxylic acids is 1. The first-order valence-corrected chi connectivity index (χ1v) is 4.94. The number of carboxylic acids is 1. The minimum Gasteiger partial charge on any atom is -0.481 e. The summed E-state index contributed by atoms with van der Waals surface area (Å²) >= 11 is 0. The summed E-state index contributed by atoms with van der Waals surface area (Å²) in [5.41, 5.74) is -0.341. The molecule has 0 unspecified atom stereocenters. The van der Waals surface area contributed by atoms with E-state index >= 15 is 0 Å². The van der Waals surface area contributed by atoms with Crippen molar-refractivity contribution in [2.45, 2.75) is 26.4 Å². The highest BCUT2D eigenvalue weighted by Crippen LogP contribution is 2.16. The van der Waals surface area contributed by atoms with Gasteiger partial charge >= 0.3 is 5.97 Å². The Bertz CT molecular complexity index is 263. The Morgan fingerprint density at radius 3 is 2.33 bits per heavy atom. The number of likely N-dealkylation sites (tertiary alicyclic amines) is 1. The Morgan fingerprint density at radius 2 is 1.93 bits per heavy atom. The third kappa shape index (κ3) is 3.51. The van der Waals surface area contributed by atoms with Crippen LogP contribution in [0.2, 0.25) is 0 Å². The van der Waals surface area contributed by atoms with E-state index in [4.69, 9.17) is 9.84 Å². The first-order chi connectivity index (χ1) is 6.79. The summed E-state index contributed by atoms with van der Waals surface area (Å²) in [6.07, 6.45) is 0. The number of nitrogens with zero attached hydrogens (tertiary/aromatic N) is 1. The van der Waals surface area contributed by atoms with E-state index < -0.39 is 11.9 Å². The average Bonchev–Trinajstić information content (AvgIpc) is 1.95. The highest BCUT2D eigenvalue weighted by Gasteiger charge is 2.35. The standard InChI is InChI=1S/C10H17NO4/c1-10(2,3)15-6-8(12)11-4-7(5-11)9(13)14/h7H,4-6H2,1-3H3,(H,13,14). The van der Waals surface area contributed by atoms with Crippen molar-refractivity contribution in [3.63, 3.8) is 0 Å². The number of rotatable bonds is 3. The molecule has 0 radical (unpaired) electrons. The molecule has 0 aromatic carbocycles. The molecule has 86 valence electrons. The summed E-state index contributed by atoms with van der Waals surface area (Å²) < 4.78 is 5.31. The van der Waals surface area contributed by atoms with Crippen molar-refractivity contribution >= 4 is 11.9 Å². The minimum atomic E-state index is -0.837. The van der Waals surface area contributed by atoms with E-state index in [1.807, 2.05) is 20.8 Å². The lowest BCUT2D eigenvalue weighted by Gasteiger charge is -2.37. The summed E-state index contributed by atoms with van der Waals surface area (Å²) in [6, 6.07) is 0. The highest BCUT2D eigenvalue weighted by molar-refractivity contribution is 5.81. The topological polar surface area (TPSA) is 66.8 Å². The molecule has 5 nitrogen and oxygen atoms in total. The van der Waals surface area contributed by atoms with Gasteiger partial charge in [-0.25, -0.2) is 0 Å². The summed E-state index contributed by atoms with van der Waals surface area (Å²) in [5, 5.41) is 8.62. The van der Waals surface area contributed by atoms with Crippen LogP contribution < -0.4 is 0 Å². The van der Waals surface area contributed by atoms with Crippen molar-refractivity contribution < 1.29 is 19.4 Å². The SMILES string of the molecule is CC(C)(C)OCC(=O)N1CC(C(=O)O)C1. The maximum absolute atomic E-state index is 11.4. The molecule has 0 spiro atoms. The van der Waals surface area contributed by atoms with Gasteiger partial charge in [0, 0.05) is 13.1 Å². The molecular formula is C10H17NO4. The van der Waals surface area contributed by atoms with Gasteiger partial charge in [0.15, 0.2) is 0 Å². The van der Waals surface area contributed by atoms with E-state index in [0.717, 1.165) is 0 Å². The number of carbonyl (C=O) groups is 2. The zero-order valence-corrected chi connectivity index (χ0v) is 9.32. The second kappa shape index (κ2) is 4.18. The van der Waals surface area contributed by atoms with E-state index in [-0.39, 0.29) is 18.1 Å². The van der Waals surface area contributed by atoms with E-state index in [0.29, 0.717) is 13.1 Å². The quantitative estimate of drug-likeness (QED) is 0.737. The number of amides is 1. The van der Waals surface area contributed by atoms with Gasteiger partial charge in [0.1, 0.15) is 6.61 Å². The summed E-state index contributed by atoms with van der Waals surface area (Å²) in [6.45, 7) is 6.25. The van der Waals surface area contributed by atoms with Crippen LogP contribution >= 0.6 is 0 Å². The second-order valence-corrected chi connectivity index (χ2v) is 4.73. The molecule has 5 heteroatoms. The molecule has 1 rings (SSSR count). The molecule has 1 fully saturated rings. The van der Waals surface area contributed by atoms with E-state index in [2.05, 4.69) is 0 Å². The summed E-state index contributed by atoms with van der Waals surface area (Å²) in [5.74, 6) is -1.37. The monoisotopic (exact) mass is 215 g/mol. The van der Waals surface area contributed by atoms with Gasteiger partial charge in [-0.1, -0.05) is 0 Å². The van der Waals surface area contributed by atoms with Gasteiger partial charge in [0.2, 0.25) is 5.91 Å². The largest absolute Gasteiger partial charge is 0.481 e. The van der Waals surface area contributed by atoms with E-state index in [9.17, 15) is 9.59 Å². The van der Waals surface area contributed by atoms with Gasteiger partial charge in [-0.2, -0.15) is 0 Å². The number of hydrogen-bond donors (Lipinski definition) is 1. The Labute approximate surface area is 89.0 Å². The normalized spacial score (nSPS) is 17.4. The fraction of sp³-hybridized carbons (Fsp3) is 0.800. The third-order valence-corrected chi connectivity index (χ3v) is 2.21. The predicted molar refractivity (Wildman–Crippen MR) is 53.4 cm³/mol. The lowest BCUT2D eigenvalue weighted by Crippen LogP contribution is -2.54. The zero-order chi connectivity index (χ0) is 11.6. The van der Waals surface area contributed by atoms with Crippen molar-refractivity contribution in [2.24, 2.45) is 5.92 Å². The molecule has 1 aliphatic heterocycles. The van der Waals surface area contributed by atoms with Crippen molar-refractivity contribution in [1.29, 1.82) is 0 Å². The Hall–Kier alpha value is -1.10. The van der Waals surface area contributed by atoms with Gasteiger partial charge in [0.25, 0.3) is 0 Å². The van der Waals surface area contributed by atoms with Gasteiger partial charge in [-0.3, -0.25) is 9.59 Å². The maximum Gasteiger partial charge on any atom is 0.310 e. The highest BCUT2D eigenvalue weighted by atomic mass is 16.5. The third-order valence-electron chi connectivity index (χ3n) is 2.21. The molecule has 1 N–H and O–H groups in total. The molecule has 0 aliphatic carbocycles. The molecule has 1 saturated heterocycles. The molecule has 0 saturated carbocycles. The van der Waals surface area contributed by atoms with Crippen LogP contribution in [0.25, 0.3) is 0 Å². The Balaban J connectivity index is 2.24. The molecule has 1 aliphatic rings. The van der Waals surface area contributed by atoms with Crippen LogP contribution in [-0.4, -0.2) is 47.2 Å². The fourth-order valence-corrected chi connectivity index (χ4v) is 1.21. The molecule has 0 atom stereocenters. The zero-order valence-electron chi connectivity index (χ0n) is 9.32. The lowest BCUT2D eigenvalue weighted by molar-refractivity contribution is -0.157. The molecule has 15 heavy (non-hydrogen) atoms. The molecule has 1 amide bonds. The van der Waals surface area contributed by atoms with Gasteiger partial charge in [-0.15, -0.1) is 0 Å². The van der Waals surface area contributed by atoms with Crippen LogP contribution in [0.3, 0.4) is 0 Å².